The third-order valence-corrected chi connectivity index (χ3v) is 2.22. The van der Waals surface area contributed by atoms with Crippen LogP contribution in [0.4, 0.5) is 0 Å². The van der Waals surface area contributed by atoms with Crippen molar-refractivity contribution >= 4 is 5.78 Å². The summed E-state index contributed by atoms with van der Waals surface area (Å²) in [6.45, 7) is 1.80. The predicted octanol–water partition coefficient (Wildman–Crippen LogP) is 1.84. The number of benzene rings is 1. The molecule has 3 heteroatoms. The molecular formula is C13H19NO2. The highest BCUT2D eigenvalue weighted by atomic mass is 16.5. The molecule has 0 aliphatic rings. The van der Waals surface area contributed by atoms with Gasteiger partial charge in [-0.15, -0.1) is 0 Å². The Labute approximate surface area is 97.0 Å². The van der Waals surface area contributed by atoms with E-state index in [0.717, 1.165) is 18.5 Å². The van der Waals surface area contributed by atoms with Gasteiger partial charge in [-0.25, -0.2) is 0 Å². The molecule has 0 fully saturated rings. The summed E-state index contributed by atoms with van der Waals surface area (Å²) in [7, 11) is 4.05. The molecule has 0 N–H and O–H groups in total. The van der Waals surface area contributed by atoms with E-state index < -0.39 is 0 Å². The Kier molecular flexibility index (Phi) is 5.75. The van der Waals surface area contributed by atoms with Crippen molar-refractivity contribution in [2.24, 2.45) is 0 Å². The van der Waals surface area contributed by atoms with Crippen LogP contribution in [0.15, 0.2) is 30.3 Å². The first-order chi connectivity index (χ1) is 7.70. The van der Waals surface area contributed by atoms with Crippen molar-refractivity contribution < 1.29 is 9.53 Å². The number of Topliss-reactive ketones (excluding diaryl/α,β-unsaturated/α-hetero) is 1. The van der Waals surface area contributed by atoms with Gasteiger partial charge in [0.2, 0.25) is 0 Å². The lowest BCUT2D eigenvalue weighted by molar-refractivity contribution is 0.0746. The van der Waals surface area contributed by atoms with E-state index in [1.165, 1.54) is 0 Å². The first kappa shape index (κ1) is 12.9. The highest BCUT2D eigenvalue weighted by Crippen LogP contribution is 2.00. The van der Waals surface area contributed by atoms with E-state index in [4.69, 9.17) is 4.74 Å². The molecule has 1 rings (SSSR count). The van der Waals surface area contributed by atoms with E-state index in [0.29, 0.717) is 6.61 Å². The van der Waals surface area contributed by atoms with E-state index in [9.17, 15) is 4.79 Å². The Morgan fingerprint density at radius 3 is 2.56 bits per heavy atom. The van der Waals surface area contributed by atoms with Gasteiger partial charge in [0, 0.05) is 12.2 Å². The summed E-state index contributed by atoms with van der Waals surface area (Å²) in [5.74, 6) is 0.0467. The quantitative estimate of drug-likeness (QED) is 0.520. The highest BCUT2D eigenvalue weighted by Gasteiger charge is 2.04. The van der Waals surface area contributed by atoms with Gasteiger partial charge < -0.3 is 9.64 Å². The summed E-state index contributed by atoms with van der Waals surface area (Å²) >= 11 is 0. The van der Waals surface area contributed by atoms with Crippen molar-refractivity contribution in [3.8, 4) is 0 Å². The van der Waals surface area contributed by atoms with Gasteiger partial charge in [0.15, 0.2) is 5.78 Å². The van der Waals surface area contributed by atoms with Gasteiger partial charge in [0.05, 0.1) is 0 Å². The predicted molar refractivity (Wildman–Crippen MR) is 64.8 cm³/mol. The number of rotatable bonds is 7. The van der Waals surface area contributed by atoms with Crippen LogP contribution < -0.4 is 0 Å². The van der Waals surface area contributed by atoms with Crippen LogP contribution in [0.3, 0.4) is 0 Å². The zero-order valence-electron chi connectivity index (χ0n) is 9.98. The molecule has 0 aliphatic heterocycles. The Hall–Kier alpha value is -1.19. The molecule has 0 atom stereocenters. The molecule has 0 saturated heterocycles. The summed E-state index contributed by atoms with van der Waals surface area (Å²) in [4.78, 5) is 13.7. The minimum absolute atomic E-state index is 0.0467. The highest BCUT2D eigenvalue weighted by molar-refractivity contribution is 5.96. The van der Waals surface area contributed by atoms with Crippen molar-refractivity contribution in [3.63, 3.8) is 0 Å². The topological polar surface area (TPSA) is 29.5 Å². The van der Waals surface area contributed by atoms with Crippen molar-refractivity contribution in [2.75, 3.05) is 33.9 Å². The second-order valence-electron chi connectivity index (χ2n) is 4.00. The van der Waals surface area contributed by atoms with Gasteiger partial charge in [0.1, 0.15) is 6.61 Å². The molecule has 88 valence electrons. The molecule has 0 bridgehead atoms. The Bertz CT molecular complexity index is 309. The largest absolute Gasteiger partial charge is 0.373 e. The first-order valence-corrected chi connectivity index (χ1v) is 5.51. The van der Waals surface area contributed by atoms with Crippen LogP contribution in [0.5, 0.6) is 0 Å². The molecule has 0 aliphatic carbocycles. The van der Waals surface area contributed by atoms with E-state index >= 15 is 0 Å². The van der Waals surface area contributed by atoms with Gasteiger partial charge in [-0.1, -0.05) is 30.3 Å². The third kappa shape index (κ3) is 5.05. The Balaban J connectivity index is 2.16. The van der Waals surface area contributed by atoms with Crippen LogP contribution in [0, 0.1) is 0 Å². The number of ether oxygens (including phenoxy) is 1. The van der Waals surface area contributed by atoms with E-state index in [1.54, 1.807) is 0 Å². The lowest BCUT2D eigenvalue weighted by Crippen LogP contribution is -2.16. The van der Waals surface area contributed by atoms with Crippen LogP contribution >= 0.6 is 0 Å². The Morgan fingerprint density at radius 1 is 1.25 bits per heavy atom. The fourth-order valence-corrected chi connectivity index (χ4v) is 1.36. The van der Waals surface area contributed by atoms with Gasteiger partial charge in [-0.2, -0.15) is 0 Å². The van der Waals surface area contributed by atoms with Gasteiger partial charge in [-0.3, -0.25) is 4.79 Å². The minimum Gasteiger partial charge on any atom is -0.373 e. The minimum atomic E-state index is 0.0467. The second kappa shape index (κ2) is 7.14. The lowest BCUT2D eigenvalue weighted by atomic mass is 10.1. The number of hydrogen-bond donors (Lipinski definition) is 0. The maximum absolute atomic E-state index is 11.6. The van der Waals surface area contributed by atoms with Crippen molar-refractivity contribution in [1.29, 1.82) is 0 Å². The Morgan fingerprint density at radius 2 is 1.94 bits per heavy atom. The molecular weight excluding hydrogens is 202 g/mol. The molecule has 0 spiro atoms. The molecule has 0 heterocycles. The second-order valence-corrected chi connectivity index (χ2v) is 4.00. The number of ketones is 1. The van der Waals surface area contributed by atoms with Gasteiger partial charge >= 0.3 is 0 Å². The molecule has 0 aromatic heterocycles. The summed E-state index contributed by atoms with van der Waals surface area (Å²) < 4.78 is 5.32. The summed E-state index contributed by atoms with van der Waals surface area (Å²) in [6, 6.07) is 9.24. The maximum Gasteiger partial charge on any atom is 0.188 e. The number of carbonyl (C=O) groups is 1. The zero-order chi connectivity index (χ0) is 11.8. The lowest BCUT2D eigenvalue weighted by Gasteiger charge is -2.09. The molecule has 1 aromatic rings. The average molecular weight is 221 g/mol. The van der Waals surface area contributed by atoms with Crippen molar-refractivity contribution in [3.05, 3.63) is 35.9 Å². The van der Waals surface area contributed by atoms with Crippen LogP contribution in [0.1, 0.15) is 16.8 Å². The van der Waals surface area contributed by atoms with Crippen LogP contribution in [0.25, 0.3) is 0 Å². The fourth-order valence-electron chi connectivity index (χ4n) is 1.36. The smallest absolute Gasteiger partial charge is 0.188 e. The van der Waals surface area contributed by atoms with E-state index in [-0.39, 0.29) is 12.4 Å². The first-order valence-electron chi connectivity index (χ1n) is 5.51. The van der Waals surface area contributed by atoms with Gasteiger partial charge in [-0.05, 0) is 27.1 Å². The van der Waals surface area contributed by atoms with Crippen LogP contribution in [-0.4, -0.2) is 44.5 Å². The molecule has 0 saturated carbocycles. The molecule has 16 heavy (non-hydrogen) atoms. The molecule has 0 radical (unpaired) electrons. The maximum atomic E-state index is 11.6. The summed E-state index contributed by atoms with van der Waals surface area (Å²) in [5, 5.41) is 0. The normalized spacial score (nSPS) is 10.7. The number of nitrogens with zero attached hydrogens (tertiary/aromatic N) is 1. The molecule has 0 amide bonds. The standard InChI is InChI=1S/C13H19NO2/c1-14(2)9-6-10-16-11-13(15)12-7-4-3-5-8-12/h3-5,7-8H,6,9-11H2,1-2H3. The van der Waals surface area contributed by atoms with Crippen molar-refractivity contribution in [1.82, 2.24) is 4.90 Å². The molecule has 0 unspecified atom stereocenters. The van der Waals surface area contributed by atoms with Crippen LogP contribution in [0.2, 0.25) is 0 Å². The van der Waals surface area contributed by atoms with Gasteiger partial charge in [0.25, 0.3) is 0 Å². The monoisotopic (exact) mass is 221 g/mol. The van der Waals surface area contributed by atoms with E-state index in [2.05, 4.69) is 4.90 Å². The third-order valence-electron chi connectivity index (χ3n) is 2.22. The SMILES string of the molecule is CN(C)CCCOCC(=O)c1ccccc1. The number of carbonyl (C=O) groups excluding carboxylic acids is 1. The molecule has 1 aromatic carbocycles. The summed E-state index contributed by atoms with van der Waals surface area (Å²) in [5.41, 5.74) is 0.718. The molecule has 3 nitrogen and oxygen atoms in total. The average Bonchev–Trinajstić information content (AvgIpc) is 2.29. The number of hydrogen-bond acceptors (Lipinski definition) is 3. The fraction of sp³-hybridized carbons (Fsp3) is 0.462. The summed E-state index contributed by atoms with van der Waals surface area (Å²) in [6.07, 6.45) is 0.953. The van der Waals surface area contributed by atoms with Crippen LogP contribution in [-0.2, 0) is 4.74 Å². The van der Waals surface area contributed by atoms with Crippen molar-refractivity contribution in [2.45, 2.75) is 6.42 Å². The van der Waals surface area contributed by atoms with E-state index in [1.807, 2.05) is 44.4 Å². The zero-order valence-corrected chi connectivity index (χ0v) is 9.98.